The number of hydrogen-bond acceptors (Lipinski definition) is 4. The highest BCUT2D eigenvalue weighted by atomic mass is 35.5. The Morgan fingerprint density at radius 1 is 1.04 bits per heavy atom. The zero-order valence-electron chi connectivity index (χ0n) is 14.6. The average molecular weight is 367 g/mol. The summed E-state index contributed by atoms with van der Waals surface area (Å²) < 4.78 is 0. The van der Waals surface area contributed by atoms with Gasteiger partial charge in [-0.05, 0) is 37.6 Å². The minimum Gasteiger partial charge on any atom is -0.366 e. The van der Waals surface area contributed by atoms with Crippen molar-refractivity contribution in [3.05, 3.63) is 82.3 Å². The molecule has 1 amide bonds. The molecule has 2 aromatic carbocycles. The molecule has 5 nitrogen and oxygen atoms in total. The van der Waals surface area contributed by atoms with Crippen LogP contribution >= 0.6 is 11.6 Å². The van der Waals surface area contributed by atoms with Gasteiger partial charge in [0, 0.05) is 23.3 Å². The molecule has 6 heteroatoms. The average Bonchev–Trinajstić information content (AvgIpc) is 2.59. The van der Waals surface area contributed by atoms with Gasteiger partial charge in [0.2, 0.25) is 0 Å². The molecule has 0 unspecified atom stereocenters. The fraction of sp³-hybridized carbons (Fsp3) is 0.150. The zero-order chi connectivity index (χ0) is 18.5. The van der Waals surface area contributed by atoms with Crippen molar-refractivity contribution < 1.29 is 4.79 Å². The summed E-state index contributed by atoms with van der Waals surface area (Å²) in [6, 6.07) is 16.8. The topological polar surface area (TPSA) is 66.9 Å². The van der Waals surface area contributed by atoms with Gasteiger partial charge in [0.15, 0.2) is 0 Å². The number of carbonyl (C=O) groups is 1. The number of amides is 1. The van der Waals surface area contributed by atoms with Crippen molar-refractivity contribution in [2.75, 3.05) is 10.6 Å². The minimum absolute atomic E-state index is 0.296. The second-order valence-corrected chi connectivity index (χ2v) is 6.43. The Kier molecular flexibility index (Phi) is 5.49. The van der Waals surface area contributed by atoms with Gasteiger partial charge in [-0.2, -0.15) is 0 Å². The number of aryl methyl sites for hydroxylation is 2. The van der Waals surface area contributed by atoms with Crippen molar-refractivity contribution in [1.82, 2.24) is 9.97 Å². The van der Waals surface area contributed by atoms with Crippen LogP contribution in [0.25, 0.3) is 0 Å². The number of benzene rings is 2. The van der Waals surface area contributed by atoms with Crippen LogP contribution in [-0.2, 0) is 6.54 Å². The van der Waals surface area contributed by atoms with Crippen molar-refractivity contribution in [3.8, 4) is 0 Å². The Balaban J connectivity index is 1.73. The first-order chi connectivity index (χ1) is 12.5. The summed E-state index contributed by atoms with van der Waals surface area (Å²) in [5.41, 5.74) is 3.26. The third-order valence-electron chi connectivity index (χ3n) is 3.71. The second-order valence-electron chi connectivity index (χ2n) is 5.99. The maximum absolute atomic E-state index is 12.5. The number of hydrogen-bond donors (Lipinski definition) is 2. The van der Waals surface area contributed by atoms with Crippen molar-refractivity contribution >= 4 is 29.0 Å². The maximum atomic E-state index is 12.5. The molecule has 3 rings (SSSR count). The van der Waals surface area contributed by atoms with E-state index in [1.165, 1.54) is 5.56 Å². The van der Waals surface area contributed by atoms with Crippen LogP contribution in [0.3, 0.4) is 0 Å². The summed E-state index contributed by atoms with van der Waals surface area (Å²) in [4.78, 5) is 21.1. The quantitative estimate of drug-likeness (QED) is 0.691. The molecule has 2 N–H and O–H groups in total. The molecule has 1 aromatic heterocycles. The molecule has 26 heavy (non-hydrogen) atoms. The van der Waals surface area contributed by atoms with Crippen LogP contribution in [0.1, 0.15) is 27.4 Å². The summed E-state index contributed by atoms with van der Waals surface area (Å²) in [7, 11) is 0. The van der Waals surface area contributed by atoms with E-state index in [2.05, 4.69) is 39.7 Å². The van der Waals surface area contributed by atoms with Crippen LogP contribution < -0.4 is 10.6 Å². The first-order valence-corrected chi connectivity index (χ1v) is 8.59. The molecule has 0 radical (unpaired) electrons. The zero-order valence-corrected chi connectivity index (χ0v) is 15.3. The number of aromatic nitrogens is 2. The number of nitrogens with zero attached hydrogens (tertiary/aromatic N) is 2. The van der Waals surface area contributed by atoms with E-state index in [0.717, 1.165) is 5.56 Å². The van der Waals surface area contributed by atoms with E-state index in [1.54, 1.807) is 37.3 Å². The predicted molar refractivity (Wildman–Crippen MR) is 105 cm³/mol. The molecule has 0 aliphatic heterocycles. The highest BCUT2D eigenvalue weighted by Crippen LogP contribution is 2.16. The fourth-order valence-electron chi connectivity index (χ4n) is 2.55. The largest absolute Gasteiger partial charge is 0.366 e. The van der Waals surface area contributed by atoms with Gasteiger partial charge in [0.25, 0.3) is 5.91 Å². The molecule has 0 bridgehead atoms. The molecule has 0 aliphatic rings. The van der Waals surface area contributed by atoms with Gasteiger partial charge in [-0.15, -0.1) is 0 Å². The van der Waals surface area contributed by atoms with Gasteiger partial charge in [0.1, 0.15) is 17.3 Å². The monoisotopic (exact) mass is 366 g/mol. The van der Waals surface area contributed by atoms with Gasteiger partial charge in [-0.1, -0.05) is 47.5 Å². The summed E-state index contributed by atoms with van der Waals surface area (Å²) >= 11 is 5.95. The van der Waals surface area contributed by atoms with Crippen molar-refractivity contribution in [1.29, 1.82) is 0 Å². The SMILES string of the molecule is Cc1cccc(CNc2cc(C(=O)Nc3cccc(Cl)c3)nc(C)n2)c1. The molecule has 1 heterocycles. The number of anilines is 2. The van der Waals surface area contributed by atoms with E-state index in [9.17, 15) is 4.79 Å². The van der Waals surface area contributed by atoms with E-state index in [1.807, 2.05) is 12.1 Å². The summed E-state index contributed by atoms with van der Waals surface area (Å²) in [6.45, 7) is 4.43. The molecule has 0 aliphatic carbocycles. The smallest absolute Gasteiger partial charge is 0.274 e. The normalized spacial score (nSPS) is 10.4. The summed E-state index contributed by atoms with van der Waals surface area (Å²) in [5.74, 6) is 0.821. The Morgan fingerprint density at radius 2 is 1.85 bits per heavy atom. The lowest BCUT2D eigenvalue weighted by Gasteiger charge is -2.10. The van der Waals surface area contributed by atoms with Crippen LogP contribution in [-0.4, -0.2) is 15.9 Å². The van der Waals surface area contributed by atoms with Crippen LogP contribution in [0.15, 0.2) is 54.6 Å². The minimum atomic E-state index is -0.309. The van der Waals surface area contributed by atoms with Crippen LogP contribution in [0, 0.1) is 13.8 Å². The van der Waals surface area contributed by atoms with Gasteiger partial charge in [-0.3, -0.25) is 4.79 Å². The van der Waals surface area contributed by atoms with Crippen molar-refractivity contribution in [2.24, 2.45) is 0 Å². The highest BCUT2D eigenvalue weighted by Gasteiger charge is 2.11. The summed E-state index contributed by atoms with van der Waals surface area (Å²) in [6.07, 6.45) is 0. The van der Waals surface area contributed by atoms with E-state index in [4.69, 9.17) is 11.6 Å². The molecule has 0 saturated carbocycles. The van der Waals surface area contributed by atoms with E-state index < -0.39 is 0 Å². The number of rotatable bonds is 5. The Morgan fingerprint density at radius 3 is 2.62 bits per heavy atom. The van der Waals surface area contributed by atoms with Gasteiger partial charge in [-0.25, -0.2) is 9.97 Å². The summed E-state index contributed by atoms with van der Waals surface area (Å²) in [5, 5.41) is 6.60. The Bertz CT molecular complexity index is 943. The first-order valence-electron chi connectivity index (χ1n) is 8.21. The van der Waals surface area contributed by atoms with E-state index >= 15 is 0 Å². The first kappa shape index (κ1) is 17.9. The van der Waals surface area contributed by atoms with Gasteiger partial charge < -0.3 is 10.6 Å². The molecule has 0 saturated heterocycles. The highest BCUT2D eigenvalue weighted by molar-refractivity contribution is 6.30. The number of nitrogens with one attached hydrogen (secondary N) is 2. The molecular formula is C20H19ClN4O. The second kappa shape index (κ2) is 7.97. The fourth-order valence-corrected chi connectivity index (χ4v) is 2.74. The lowest BCUT2D eigenvalue weighted by molar-refractivity contribution is 0.102. The van der Waals surface area contributed by atoms with Gasteiger partial charge >= 0.3 is 0 Å². The Labute approximate surface area is 157 Å². The van der Waals surface area contributed by atoms with Gasteiger partial charge in [0.05, 0.1) is 0 Å². The van der Waals surface area contributed by atoms with Crippen molar-refractivity contribution in [3.63, 3.8) is 0 Å². The Hall–Kier alpha value is -2.92. The molecule has 0 spiro atoms. The maximum Gasteiger partial charge on any atom is 0.274 e. The number of carbonyl (C=O) groups excluding carboxylic acids is 1. The van der Waals surface area contributed by atoms with Crippen LogP contribution in [0.2, 0.25) is 5.02 Å². The standard InChI is InChI=1S/C20H19ClN4O/c1-13-5-3-6-15(9-13)12-22-19-11-18(23-14(2)24-19)20(26)25-17-8-4-7-16(21)10-17/h3-11H,12H2,1-2H3,(H,25,26)(H,22,23,24). The molecule has 0 atom stereocenters. The van der Waals surface area contributed by atoms with Crippen molar-refractivity contribution in [2.45, 2.75) is 20.4 Å². The van der Waals surface area contributed by atoms with E-state index in [0.29, 0.717) is 34.6 Å². The molecule has 0 fully saturated rings. The van der Waals surface area contributed by atoms with Crippen LogP contribution in [0.4, 0.5) is 11.5 Å². The third kappa shape index (κ3) is 4.80. The molecular weight excluding hydrogens is 348 g/mol. The molecule has 132 valence electrons. The van der Waals surface area contributed by atoms with E-state index in [-0.39, 0.29) is 5.91 Å². The lowest BCUT2D eigenvalue weighted by Crippen LogP contribution is -2.15. The molecule has 3 aromatic rings. The predicted octanol–water partition coefficient (Wildman–Crippen LogP) is 4.61. The number of halogens is 1. The van der Waals surface area contributed by atoms with Crippen LogP contribution in [0.5, 0.6) is 0 Å². The lowest BCUT2D eigenvalue weighted by atomic mass is 10.1. The third-order valence-corrected chi connectivity index (χ3v) is 3.94.